The molecule has 192 valence electrons. The first-order valence-electron chi connectivity index (χ1n) is 12.8. The van der Waals surface area contributed by atoms with Crippen molar-refractivity contribution in [2.75, 3.05) is 26.2 Å². The van der Waals surface area contributed by atoms with E-state index in [1.54, 1.807) is 16.2 Å². The molecule has 37 heavy (non-hydrogen) atoms. The second-order valence-electron chi connectivity index (χ2n) is 10.6. The lowest BCUT2D eigenvalue weighted by Gasteiger charge is -2.19. The van der Waals surface area contributed by atoms with Gasteiger partial charge in [0.2, 0.25) is 0 Å². The summed E-state index contributed by atoms with van der Waals surface area (Å²) in [5.41, 5.74) is 4.63. The number of rotatable bonds is 7. The van der Waals surface area contributed by atoms with Crippen LogP contribution in [0, 0.1) is 16.7 Å². The normalized spacial score (nSPS) is 19.2. The highest BCUT2D eigenvalue weighted by Crippen LogP contribution is 2.30. The maximum absolute atomic E-state index is 12.8. The van der Waals surface area contributed by atoms with Gasteiger partial charge in [0.25, 0.3) is 0 Å². The molecule has 0 amide bonds. The number of nitriles is 1. The van der Waals surface area contributed by atoms with Crippen molar-refractivity contribution in [2.24, 2.45) is 12.5 Å². The van der Waals surface area contributed by atoms with Crippen molar-refractivity contribution >= 4 is 22.1 Å². The van der Waals surface area contributed by atoms with Crippen molar-refractivity contribution in [1.82, 2.24) is 29.2 Å². The quantitative estimate of drug-likeness (QED) is 0.375. The van der Waals surface area contributed by atoms with E-state index in [0.717, 1.165) is 59.3 Å². The first kappa shape index (κ1) is 25.1. The molecule has 0 radical (unpaired) electrons. The molecule has 9 heteroatoms. The van der Waals surface area contributed by atoms with Crippen LogP contribution in [-0.2, 0) is 11.8 Å². The molecule has 1 fully saturated rings. The Kier molecular flexibility index (Phi) is 6.56. The van der Waals surface area contributed by atoms with Gasteiger partial charge >= 0.3 is 5.69 Å². The first-order valence-corrected chi connectivity index (χ1v) is 12.8. The molecule has 1 unspecified atom stereocenters. The zero-order chi connectivity index (χ0) is 26.3. The van der Waals surface area contributed by atoms with Crippen molar-refractivity contribution in [1.29, 1.82) is 5.26 Å². The third kappa shape index (κ3) is 4.63. The highest BCUT2D eigenvalue weighted by atomic mass is 16.5. The smallest absolute Gasteiger partial charge is 0.330 e. The van der Waals surface area contributed by atoms with Crippen LogP contribution in [0.1, 0.15) is 52.0 Å². The highest BCUT2D eigenvalue weighted by Gasteiger charge is 2.33. The Balaban J connectivity index is 1.34. The molecule has 0 spiro atoms. The van der Waals surface area contributed by atoms with Crippen molar-refractivity contribution in [3.05, 3.63) is 52.7 Å². The van der Waals surface area contributed by atoms with Gasteiger partial charge < -0.3 is 4.74 Å². The highest BCUT2D eigenvalue weighted by molar-refractivity contribution is 6.02. The molecule has 1 aromatic carbocycles. The van der Waals surface area contributed by atoms with Gasteiger partial charge in [-0.15, -0.1) is 10.2 Å². The summed E-state index contributed by atoms with van der Waals surface area (Å²) in [5, 5.41) is 18.9. The van der Waals surface area contributed by atoms with Crippen molar-refractivity contribution in [3.63, 3.8) is 0 Å². The van der Waals surface area contributed by atoms with Crippen molar-refractivity contribution in [2.45, 2.75) is 46.3 Å². The summed E-state index contributed by atoms with van der Waals surface area (Å²) in [7, 11) is 1.73. The molecule has 0 bridgehead atoms. The Morgan fingerprint density at radius 1 is 1.16 bits per heavy atom. The van der Waals surface area contributed by atoms with Gasteiger partial charge in [0.05, 0.1) is 35.4 Å². The van der Waals surface area contributed by atoms with E-state index in [1.165, 1.54) is 0 Å². The SMILES string of the molecule is CC(C)n1c(=O)n(C)c2nnc3ccc(-c4ccc([C@@H](C)OCCN5CCC(C)(C#N)C5)nc4)cc3c21. The van der Waals surface area contributed by atoms with E-state index in [0.29, 0.717) is 12.3 Å². The van der Waals surface area contributed by atoms with E-state index in [4.69, 9.17) is 4.74 Å². The van der Waals surface area contributed by atoms with E-state index in [2.05, 4.69) is 38.3 Å². The number of pyridine rings is 1. The predicted molar refractivity (Wildman–Crippen MR) is 143 cm³/mol. The van der Waals surface area contributed by atoms with Gasteiger partial charge in [-0.25, -0.2) is 4.79 Å². The molecule has 1 saturated heterocycles. The standard InChI is InChI=1S/C28H33N7O2/c1-18(2)35-25-22-14-20(6-9-24(22)31-32-26(25)33(5)27(35)36)21-7-8-23(30-15-21)19(3)37-13-12-34-11-10-28(4,16-29)17-34/h6-9,14-15,18-19H,10-13,17H2,1-5H3/t19-,28?/m1/s1. The topological polar surface area (TPSA) is 102 Å². The Morgan fingerprint density at radius 2 is 1.95 bits per heavy atom. The number of aryl methyl sites for hydroxylation is 1. The number of likely N-dealkylation sites (tertiary alicyclic amines) is 1. The molecule has 0 saturated carbocycles. The van der Waals surface area contributed by atoms with Crippen LogP contribution in [0.15, 0.2) is 41.3 Å². The summed E-state index contributed by atoms with van der Waals surface area (Å²) in [6.45, 7) is 11.2. The molecule has 0 N–H and O–H groups in total. The first-order chi connectivity index (χ1) is 17.7. The fourth-order valence-corrected chi connectivity index (χ4v) is 5.15. The predicted octanol–water partition coefficient (Wildman–Crippen LogP) is 4.24. The Labute approximate surface area is 216 Å². The van der Waals surface area contributed by atoms with Gasteiger partial charge in [-0.05, 0) is 64.4 Å². The van der Waals surface area contributed by atoms with E-state index in [9.17, 15) is 10.1 Å². The van der Waals surface area contributed by atoms with E-state index in [1.807, 2.05) is 52.1 Å². The molecular formula is C28H33N7O2. The van der Waals surface area contributed by atoms with Crippen molar-refractivity contribution < 1.29 is 4.74 Å². The third-order valence-corrected chi connectivity index (χ3v) is 7.42. The summed E-state index contributed by atoms with van der Waals surface area (Å²) in [4.78, 5) is 19.8. The molecule has 5 rings (SSSR count). The molecule has 2 atom stereocenters. The number of ether oxygens (including phenoxy) is 1. The maximum Gasteiger partial charge on any atom is 0.330 e. The van der Waals surface area contributed by atoms with Gasteiger partial charge in [-0.1, -0.05) is 12.1 Å². The van der Waals surface area contributed by atoms with E-state index in [-0.39, 0.29) is 23.3 Å². The third-order valence-electron chi connectivity index (χ3n) is 7.42. The van der Waals surface area contributed by atoms with E-state index >= 15 is 0 Å². The molecule has 3 aromatic heterocycles. The number of aromatic nitrogens is 5. The summed E-state index contributed by atoms with van der Waals surface area (Å²) >= 11 is 0. The molecular weight excluding hydrogens is 466 g/mol. The Bertz CT molecular complexity index is 1550. The zero-order valence-corrected chi connectivity index (χ0v) is 22.1. The minimum absolute atomic E-state index is 0.00368. The fourth-order valence-electron chi connectivity index (χ4n) is 5.15. The summed E-state index contributed by atoms with van der Waals surface area (Å²) in [5.74, 6) is 0. The monoisotopic (exact) mass is 499 g/mol. The van der Waals surface area contributed by atoms with Crippen LogP contribution in [-0.4, -0.2) is 55.5 Å². The zero-order valence-electron chi connectivity index (χ0n) is 22.1. The van der Waals surface area contributed by atoms with Gasteiger partial charge in [-0.2, -0.15) is 5.26 Å². The van der Waals surface area contributed by atoms with Crippen LogP contribution in [0.3, 0.4) is 0 Å². The Morgan fingerprint density at radius 3 is 2.62 bits per heavy atom. The second-order valence-corrected chi connectivity index (χ2v) is 10.6. The number of benzene rings is 1. The van der Waals surface area contributed by atoms with Crippen LogP contribution in [0.4, 0.5) is 0 Å². The molecule has 4 aromatic rings. The molecule has 4 heterocycles. The van der Waals surface area contributed by atoms with Gasteiger partial charge in [-0.3, -0.25) is 19.0 Å². The molecule has 9 nitrogen and oxygen atoms in total. The van der Waals surface area contributed by atoms with Crippen LogP contribution < -0.4 is 5.69 Å². The van der Waals surface area contributed by atoms with Crippen LogP contribution in [0.5, 0.6) is 0 Å². The summed E-state index contributed by atoms with van der Waals surface area (Å²) in [6, 6.07) is 12.5. The summed E-state index contributed by atoms with van der Waals surface area (Å²) in [6.07, 6.45) is 2.64. The van der Waals surface area contributed by atoms with Gasteiger partial charge in [0, 0.05) is 43.3 Å². The molecule has 0 aliphatic carbocycles. The average Bonchev–Trinajstić information content (AvgIpc) is 3.41. The largest absolute Gasteiger partial charge is 0.371 e. The Hall–Kier alpha value is -3.61. The number of fused-ring (bicyclic) bond motifs is 3. The van der Waals surface area contributed by atoms with Gasteiger partial charge in [0.15, 0.2) is 5.65 Å². The average molecular weight is 500 g/mol. The number of hydrogen-bond acceptors (Lipinski definition) is 7. The summed E-state index contributed by atoms with van der Waals surface area (Å²) < 4.78 is 9.39. The fraction of sp³-hybridized carbons (Fsp3) is 0.464. The van der Waals surface area contributed by atoms with Crippen LogP contribution >= 0.6 is 0 Å². The molecule has 1 aliphatic rings. The molecule has 1 aliphatic heterocycles. The number of nitrogens with zero attached hydrogens (tertiary/aromatic N) is 7. The van der Waals surface area contributed by atoms with Crippen LogP contribution in [0.2, 0.25) is 0 Å². The minimum atomic E-state index is -0.239. The lowest BCUT2D eigenvalue weighted by molar-refractivity contribution is 0.0482. The van der Waals surface area contributed by atoms with Crippen LogP contribution in [0.25, 0.3) is 33.2 Å². The maximum atomic E-state index is 12.8. The number of hydrogen-bond donors (Lipinski definition) is 0. The van der Waals surface area contributed by atoms with Gasteiger partial charge in [0.1, 0.15) is 5.52 Å². The lowest BCUT2D eigenvalue weighted by atomic mass is 9.92. The second kappa shape index (κ2) is 9.69. The van der Waals surface area contributed by atoms with Crippen molar-refractivity contribution in [3.8, 4) is 17.2 Å². The minimum Gasteiger partial charge on any atom is -0.371 e. The number of imidazole rings is 1. The van der Waals surface area contributed by atoms with E-state index < -0.39 is 0 Å². The lowest BCUT2D eigenvalue weighted by Crippen LogP contribution is -2.28.